The molecule has 7 heteroatoms. The lowest BCUT2D eigenvalue weighted by Crippen LogP contribution is -2.46. The first-order valence-corrected chi connectivity index (χ1v) is 8.83. The van der Waals surface area contributed by atoms with Gasteiger partial charge < -0.3 is 14.7 Å². The predicted octanol–water partition coefficient (Wildman–Crippen LogP) is 2.20. The molecule has 0 saturated carbocycles. The van der Waals surface area contributed by atoms with E-state index in [1.807, 2.05) is 26.0 Å². The third kappa shape index (κ3) is 4.49. The molecule has 0 unspecified atom stereocenters. The average Bonchev–Trinajstić information content (AvgIpc) is 2.62. The number of hydrogen-bond acceptors (Lipinski definition) is 6. The number of benzene rings is 1. The SMILES string of the molecule is CCOc1cc(C)nc(N2CCN(Cc3cccc(C(=O)O)c3)CC2)n1. The molecular formula is C19H24N4O3. The molecule has 1 fully saturated rings. The Kier molecular flexibility index (Phi) is 5.68. The van der Waals surface area contributed by atoms with Crippen LogP contribution in [0.15, 0.2) is 30.3 Å². The predicted molar refractivity (Wildman–Crippen MR) is 98.8 cm³/mol. The molecule has 1 aromatic carbocycles. The third-order valence-corrected chi connectivity index (χ3v) is 4.35. The Hall–Kier alpha value is -2.67. The van der Waals surface area contributed by atoms with Crippen LogP contribution >= 0.6 is 0 Å². The maximum atomic E-state index is 11.1. The van der Waals surface area contributed by atoms with Gasteiger partial charge in [0.1, 0.15) is 0 Å². The van der Waals surface area contributed by atoms with Crippen molar-refractivity contribution in [2.75, 3.05) is 37.7 Å². The van der Waals surface area contributed by atoms with Crippen LogP contribution in [-0.2, 0) is 6.54 Å². The largest absolute Gasteiger partial charge is 0.478 e. The van der Waals surface area contributed by atoms with Crippen LogP contribution in [0.3, 0.4) is 0 Å². The van der Waals surface area contributed by atoms with Gasteiger partial charge in [0, 0.05) is 44.5 Å². The second-order valence-corrected chi connectivity index (χ2v) is 6.35. The highest BCUT2D eigenvalue weighted by Crippen LogP contribution is 2.18. The molecule has 3 rings (SSSR count). The van der Waals surface area contributed by atoms with Crippen molar-refractivity contribution in [1.82, 2.24) is 14.9 Å². The molecule has 0 aliphatic carbocycles. The zero-order chi connectivity index (χ0) is 18.5. The Labute approximate surface area is 153 Å². The Morgan fingerprint density at radius 1 is 1.19 bits per heavy atom. The summed E-state index contributed by atoms with van der Waals surface area (Å²) in [4.78, 5) is 24.6. The average molecular weight is 356 g/mol. The summed E-state index contributed by atoms with van der Waals surface area (Å²) in [6, 6.07) is 8.97. The number of piperazine rings is 1. The zero-order valence-electron chi connectivity index (χ0n) is 15.2. The molecule has 1 N–H and O–H groups in total. The maximum Gasteiger partial charge on any atom is 0.335 e. The van der Waals surface area contributed by atoms with E-state index in [0.29, 0.717) is 24.0 Å². The highest BCUT2D eigenvalue weighted by atomic mass is 16.5. The molecule has 0 radical (unpaired) electrons. The third-order valence-electron chi connectivity index (χ3n) is 4.35. The van der Waals surface area contributed by atoms with Crippen LogP contribution in [0.2, 0.25) is 0 Å². The summed E-state index contributed by atoms with van der Waals surface area (Å²) >= 11 is 0. The van der Waals surface area contributed by atoms with Gasteiger partial charge in [-0.25, -0.2) is 9.78 Å². The Morgan fingerprint density at radius 2 is 1.96 bits per heavy atom. The van der Waals surface area contributed by atoms with Gasteiger partial charge in [0.2, 0.25) is 11.8 Å². The van der Waals surface area contributed by atoms with E-state index in [1.54, 1.807) is 18.2 Å². The van der Waals surface area contributed by atoms with E-state index >= 15 is 0 Å². The van der Waals surface area contributed by atoms with Gasteiger partial charge in [0.25, 0.3) is 0 Å². The highest BCUT2D eigenvalue weighted by molar-refractivity contribution is 5.87. The molecule has 26 heavy (non-hydrogen) atoms. The summed E-state index contributed by atoms with van der Waals surface area (Å²) in [7, 11) is 0. The molecule has 2 heterocycles. The number of carbonyl (C=O) groups is 1. The summed E-state index contributed by atoms with van der Waals surface area (Å²) in [5.41, 5.74) is 2.24. The number of aryl methyl sites for hydroxylation is 1. The molecule has 0 amide bonds. The van der Waals surface area contributed by atoms with Gasteiger partial charge in [-0.05, 0) is 31.5 Å². The second-order valence-electron chi connectivity index (χ2n) is 6.35. The van der Waals surface area contributed by atoms with Gasteiger partial charge in [0.15, 0.2) is 0 Å². The summed E-state index contributed by atoms with van der Waals surface area (Å²) in [6.07, 6.45) is 0. The summed E-state index contributed by atoms with van der Waals surface area (Å²) in [6.45, 7) is 8.61. The van der Waals surface area contributed by atoms with Crippen LogP contribution in [-0.4, -0.2) is 58.7 Å². The quantitative estimate of drug-likeness (QED) is 0.850. The van der Waals surface area contributed by atoms with Crippen molar-refractivity contribution in [1.29, 1.82) is 0 Å². The maximum absolute atomic E-state index is 11.1. The molecule has 0 spiro atoms. The Morgan fingerprint density at radius 3 is 2.65 bits per heavy atom. The lowest BCUT2D eigenvalue weighted by atomic mass is 10.1. The number of ether oxygens (including phenoxy) is 1. The smallest absolute Gasteiger partial charge is 0.335 e. The van der Waals surface area contributed by atoms with Crippen LogP contribution in [0.4, 0.5) is 5.95 Å². The summed E-state index contributed by atoms with van der Waals surface area (Å²) in [5, 5.41) is 9.11. The van der Waals surface area contributed by atoms with E-state index < -0.39 is 5.97 Å². The van der Waals surface area contributed by atoms with Crippen molar-refractivity contribution in [3.63, 3.8) is 0 Å². The van der Waals surface area contributed by atoms with Crippen LogP contribution in [0, 0.1) is 6.92 Å². The Balaban J connectivity index is 1.61. The van der Waals surface area contributed by atoms with Crippen molar-refractivity contribution >= 4 is 11.9 Å². The van der Waals surface area contributed by atoms with Crippen molar-refractivity contribution in [3.05, 3.63) is 47.2 Å². The van der Waals surface area contributed by atoms with Gasteiger partial charge in [-0.1, -0.05) is 12.1 Å². The van der Waals surface area contributed by atoms with Crippen molar-refractivity contribution in [3.8, 4) is 5.88 Å². The first-order chi connectivity index (χ1) is 12.5. The van der Waals surface area contributed by atoms with Crippen LogP contribution < -0.4 is 9.64 Å². The zero-order valence-corrected chi connectivity index (χ0v) is 15.2. The van der Waals surface area contributed by atoms with E-state index in [2.05, 4.69) is 19.8 Å². The number of aromatic nitrogens is 2. The number of aromatic carboxylic acids is 1. The minimum atomic E-state index is -0.890. The van der Waals surface area contributed by atoms with Gasteiger partial charge in [0.05, 0.1) is 12.2 Å². The molecule has 138 valence electrons. The summed E-state index contributed by atoms with van der Waals surface area (Å²) in [5.74, 6) is 0.433. The minimum absolute atomic E-state index is 0.331. The highest BCUT2D eigenvalue weighted by Gasteiger charge is 2.20. The Bertz CT molecular complexity index is 773. The van der Waals surface area contributed by atoms with Crippen molar-refractivity contribution < 1.29 is 14.6 Å². The standard InChI is InChI=1S/C19H24N4O3/c1-3-26-17-11-14(2)20-19(21-17)23-9-7-22(8-10-23)13-15-5-4-6-16(12-15)18(24)25/h4-6,11-12H,3,7-10,13H2,1-2H3,(H,24,25). The van der Waals surface area contributed by atoms with E-state index in [-0.39, 0.29) is 0 Å². The first kappa shape index (κ1) is 18.1. The number of carboxylic acids is 1. The molecule has 1 aliphatic heterocycles. The van der Waals surface area contributed by atoms with Crippen LogP contribution in [0.5, 0.6) is 5.88 Å². The van der Waals surface area contributed by atoms with Gasteiger partial charge in [-0.15, -0.1) is 0 Å². The van der Waals surface area contributed by atoms with Crippen molar-refractivity contribution in [2.45, 2.75) is 20.4 Å². The lowest BCUT2D eigenvalue weighted by molar-refractivity contribution is 0.0696. The number of hydrogen-bond donors (Lipinski definition) is 1. The number of carboxylic acid groups (broad SMARTS) is 1. The van der Waals surface area contributed by atoms with Crippen molar-refractivity contribution in [2.24, 2.45) is 0 Å². The molecular weight excluding hydrogens is 332 g/mol. The molecule has 1 aromatic heterocycles. The van der Waals surface area contributed by atoms with E-state index in [9.17, 15) is 4.79 Å². The van der Waals surface area contributed by atoms with E-state index in [4.69, 9.17) is 9.84 Å². The van der Waals surface area contributed by atoms with Crippen LogP contribution in [0.1, 0.15) is 28.5 Å². The molecule has 0 bridgehead atoms. The fraction of sp³-hybridized carbons (Fsp3) is 0.421. The number of anilines is 1. The summed E-state index contributed by atoms with van der Waals surface area (Å²) < 4.78 is 5.51. The molecule has 0 atom stereocenters. The second kappa shape index (κ2) is 8.14. The van der Waals surface area contributed by atoms with Crippen LogP contribution in [0.25, 0.3) is 0 Å². The fourth-order valence-corrected chi connectivity index (χ4v) is 3.05. The van der Waals surface area contributed by atoms with E-state index in [1.165, 1.54) is 0 Å². The normalized spacial score (nSPS) is 15.1. The molecule has 1 saturated heterocycles. The monoisotopic (exact) mass is 356 g/mol. The minimum Gasteiger partial charge on any atom is -0.478 e. The molecule has 2 aromatic rings. The molecule has 1 aliphatic rings. The lowest BCUT2D eigenvalue weighted by Gasteiger charge is -2.34. The molecule has 7 nitrogen and oxygen atoms in total. The first-order valence-electron chi connectivity index (χ1n) is 8.83. The van der Waals surface area contributed by atoms with E-state index in [0.717, 1.165) is 44.0 Å². The van der Waals surface area contributed by atoms with Gasteiger partial charge in [-0.3, -0.25) is 4.90 Å². The number of nitrogens with zero attached hydrogens (tertiary/aromatic N) is 4. The van der Waals surface area contributed by atoms with Gasteiger partial charge >= 0.3 is 5.97 Å². The number of rotatable bonds is 6. The fourth-order valence-electron chi connectivity index (χ4n) is 3.05. The topological polar surface area (TPSA) is 78.8 Å². The van der Waals surface area contributed by atoms with Gasteiger partial charge in [-0.2, -0.15) is 4.98 Å².